The monoisotopic (exact) mass is 367 g/mol. The molecule has 0 aliphatic rings. The van der Waals surface area contributed by atoms with Gasteiger partial charge in [-0.05, 0) is 32.2 Å². The Kier molecular flexibility index (Phi) is 7.08. The molecule has 1 unspecified atom stereocenters. The van der Waals surface area contributed by atoms with Gasteiger partial charge in [-0.3, -0.25) is 4.99 Å². The fourth-order valence-corrected chi connectivity index (χ4v) is 2.10. The lowest BCUT2D eigenvalue weighted by Crippen LogP contribution is -2.45. The molecule has 1 atom stereocenters. The number of nitrogens with one attached hydrogen (secondary N) is 1. The van der Waals surface area contributed by atoms with Crippen LogP contribution < -0.4 is 11.1 Å². The lowest BCUT2D eigenvalue weighted by molar-refractivity contribution is 0.508. The SMILES string of the molecule is CC(CN=C(N)NC(C)(C)C)c1cccs1.I. The van der Waals surface area contributed by atoms with Crippen LogP contribution in [0.1, 0.15) is 38.5 Å². The van der Waals surface area contributed by atoms with Crippen molar-refractivity contribution in [2.45, 2.75) is 39.2 Å². The minimum atomic E-state index is -0.0280. The van der Waals surface area contributed by atoms with Crippen LogP contribution in [0.5, 0.6) is 0 Å². The summed E-state index contributed by atoms with van der Waals surface area (Å²) in [4.78, 5) is 5.71. The molecule has 0 bridgehead atoms. The molecule has 1 aromatic rings. The number of nitrogens with zero attached hydrogens (tertiary/aromatic N) is 1. The molecule has 5 heteroatoms. The summed E-state index contributed by atoms with van der Waals surface area (Å²) in [5.74, 6) is 0.955. The zero-order valence-electron chi connectivity index (χ0n) is 10.9. The highest BCUT2D eigenvalue weighted by Gasteiger charge is 2.10. The standard InChI is InChI=1S/C12H21N3S.HI/c1-9(10-6-5-7-16-10)8-14-11(13)15-12(2,3)4;/h5-7,9H,8H2,1-4H3,(H3,13,14,15);1H. The van der Waals surface area contributed by atoms with E-state index in [9.17, 15) is 0 Å². The molecular weight excluding hydrogens is 345 g/mol. The fraction of sp³-hybridized carbons (Fsp3) is 0.583. The highest BCUT2D eigenvalue weighted by Crippen LogP contribution is 2.20. The summed E-state index contributed by atoms with van der Waals surface area (Å²) in [6, 6.07) is 4.20. The maximum absolute atomic E-state index is 5.80. The van der Waals surface area contributed by atoms with Gasteiger partial charge in [-0.25, -0.2) is 0 Å². The Hall–Kier alpha value is -0.300. The second-order valence-electron chi connectivity index (χ2n) is 5.02. The van der Waals surface area contributed by atoms with Gasteiger partial charge in [0, 0.05) is 16.3 Å². The summed E-state index contributed by atoms with van der Waals surface area (Å²) < 4.78 is 0. The van der Waals surface area contributed by atoms with Gasteiger partial charge in [0.25, 0.3) is 0 Å². The highest BCUT2D eigenvalue weighted by molar-refractivity contribution is 14.0. The minimum Gasteiger partial charge on any atom is -0.370 e. The molecule has 1 aromatic heterocycles. The zero-order valence-corrected chi connectivity index (χ0v) is 14.0. The first kappa shape index (κ1) is 16.7. The van der Waals surface area contributed by atoms with Gasteiger partial charge in [-0.15, -0.1) is 35.3 Å². The van der Waals surface area contributed by atoms with Crippen LogP contribution >= 0.6 is 35.3 Å². The van der Waals surface area contributed by atoms with Gasteiger partial charge in [-0.1, -0.05) is 13.0 Å². The summed E-state index contributed by atoms with van der Waals surface area (Å²) in [6.45, 7) is 9.10. The normalized spacial score (nSPS) is 14.0. The van der Waals surface area contributed by atoms with Crippen LogP contribution in [-0.2, 0) is 0 Å². The van der Waals surface area contributed by atoms with E-state index in [0.717, 1.165) is 6.54 Å². The number of aliphatic imine (C=N–C) groups is 1. The van der Waals surface area contributed by atoms with Crippen molar-refractivity contribution in [3.63, 3.8) is 0 Å². The van der Waals surface area contributed by atoms with Gasteiger partial charge in [0.1, 0.15) is 0 Å². The van der Waals surface area contributed by atoms with E-state index in [0.29, 0.717) is 11.9 Å². The van der Waals surface area contributed by atoms with Crippen molar-refractivity contribution in [2.75, 3.05) is 6.54 Å². The van der Waals surface area contributed by atoms with E-state index in [1.165, 1.54) is 4.88 Å². The summed E-state index contributed by atoms with van der Waals surface area (Å²) in [7, 11) is 0. The molecule has 3 N–H and O–H groups in total. The topological polar surface area (TPSA) is 50.4 Å². The summed E-state index contributed by atoms with van der Waals surface area (Å²) >= 11 is 1.77. The van der Waals surface area contributed by atoms with E-state index in [-0.39, 0.29) is 29.5 Å². The molecule has 0 saturated carbocycles. The quantitative estimate of drug-likeness (QED) is 0.490. The number of halogens is 1. The van der Waals surface area contributed by atoms with Crippen LogP contribution in [0.4, 0.5) is 0 Å². The fourth-order valence-electron chi connectivity index (χ4n) is 1.32. The smallest absolute Gasteiger partial charge is 0.189 e. The number of rotatable bonds is 3. The van der Waals surface area contributed by atoms with Gasteiger partial charge in [0.05, 0.1) is 6.54 Å². The largest absolute Gasteiger partial charge is 0.370 e. The zero-order chi connectivity index (χ0) is 12.2. The average Bonchev–Trinajstić information content (AvgIpc) is 2.64. The Morgan fingerprint density at radius 3 is 2.65 bits per heavy atom. The lowest BCUT2D eigenvalue weighted by atomic mass is 10.1. The first-order valence-corrected chi connectivity index (χ1v) is 6.38. The molecule has 1 rings (SSSR count). The molecule has 0 saturated heterocycles. The van der Waals surface area contributed by atoms with Gasteiger partial charge in [-0.2, -0.15) is 0 Å². The molecule has 0 amide bonds. The van der Waals surface area contributed by atoms with Crippen LogP contribution in [0.2, 0.25) is 0 Å². The van der Waals surface area contributed by atoms with Gasteiger partial charge in [0.15, 0.2) is 5.96 Å². The number of nitrogens with two attached hydrogens (primary N) is 1. The summed E-state index contributed by atoms with van der Waals surface area (Å²) in [6.07, 6.45) is 0. The van der Waals surface area contributed by atoms with Crippen molar-refractivity contribution >= 4 is 41.3 Å². The third-order valence-electron chi connectivity index (χ3n) is 2.07. The third-order valence-corrected chi connectivity index (χ3v) is 3.17. The maximum atomic E-state index is 5.80. The Morgan fingerprint density at radius 2 is 2.18 bits per heavy atom. The van der Waals surface area contributed by atoms with Crippen LogP contribution in [0.15, 0.2) is 22.5 Å². The molecule has 98 valence electrons. The molecule has 1 heterocycles. The highest BCUT2D eigenvalue weighted by atomic mass is 127. The van der Waals surface area contributed by atoms with Gasteiger partial charge < -0.3 is 11.1 Å². The minimum absolute atomic E-state index is 0. The van der Waals surface area contributed by atoms with E-state index in [1.807, 2.05) is 0 Å². The van der Waals surface area contributed by atoms with Gasteiger partial charge >= 0.3 is 0 Å². The Bertz CT molecular complexity index is 341. The Labute approximate surface area is 125 Å². The van der Waals surface area contributed by atoms with Crippen molar-refractivity contribution in [1.29, 1.82) is 0 Å². The third kappa shape index (κ3) is 6.88. The van der Waals surface area contributed by atoms with Crippen molar-refractivity contribution in [2.24, 2.45) is 10.7 Å². The van der Waals surface area contributed by atoms with Crippen molar-refractivity contribution in [3.05, 3.63) is 22.4 Å². The first-order chi connectivity index (χ1) is 7.38. The lowest BCUT2D eigenvalue weighted by Gasteiger charge is -2.21. The van der Waals surface area contributed by atoms with E-state index < -0.39 is 0 Å². The van der Waals surface area contributed by atoms with E-state index >= 15 is 0 Å². The molecule has 0 spiro atoms. The van der Waals surface area contributed by atoms with Crippen molar-refractivity contribution < 1.29 is 0 Å². The van der Waals surface area contributed by atoms with E-state index in [4.69, 9.17) is 5.73 Å². The second kappa shape index (κ2) is 7.20. The van der Waals surface area contributed by atoms with Crippen LogP contribution in [0.25, 0.3) is 0 Å². The van der Waals surface area contributed by atoms with Crippen LogP contribution in [0.3, 0.4) is 0 Å². The Balaban J connectivity index is 0.00000256. The number of guanidine groups is 1. The maximum Gasteiger partial charge on any atom is 0.189 e. The molecule has 0 fully saturated rings. The molecule has 0 aliphatic carbocycles. The van der Waals surface area contributed by atoms with Gasteiger partial charge in [0.2, 0.25) is 0 Å². The molecule has 17 heavy (non-hydrogen) atoms. The average molecular weight is 367 g/mol. The summed E-state index contributed by atoms with van der Waals surface area (Å²) in [5.41, 5.74) is 5.78. The van der Waals surface area contributed by atoms with Crippen molar-refractivity contribution in [1.82, 2.24) is 5.32 Å². The molecule has 3 nitrogen and oxygen atoms in total. The molecule has 0 aliphatic heterocycles. The summed E-state index contributed by atoms with van der Waals surface area (Å²) in [5, 5.41) is 5.24. The van der Waals surface area contributed by atoms with E-state index in [1.54, 1.807) is 11.3 Å². The number of hydrogen-bond donors (Lipinski definition) is 2. The first-order valence-electron chi connectivity index (χ1n) is 5.50. The number of hydrogen-bond acceptors (Lipinski definition) is 2. The molecule has 0 aromatic carbocycles. The second-order valence-corrected chi connectivity index (χ2v) is 6.00. The van der Waals surface area contributed by atoms with Crippen LogP contribution in [-0.4, -0.2) is 18.0 Å². The van der Waals surface area contributed by atoms with E-state index in [2.05, 4.69) is 55.5 Å². The van der Waals surface area contributed by atoms with Crippen molar-refractivity contribution in [3.8, 4) is 0 Å². The molecular formula is C12H22IN3S. The Morgan fingerprint density at radius 1 is 1.53 bits per heavy atom. The number of thiophene rings is 1. The predicted octanol–water partition coefficient (Wildman–Crippen LogP) is 3.17. The van der Waals surface area contributed by atoms with Crippen LogP contribution in [0, 0.1) is 0 Å². The molecule has 0 radical (unpaired) electrons. The predicted molar refractivity (Wildman–Crippen MR) is 87.5 cm³/mol.